The molecule has 1 amide bonds. The van der Waals surface area contributed by atoms with Gasteiger partial charge in [0.05, 0.1) is 16.6 Å². The predicted molar refractivity (Wildman–Crippen MR) is 134 cm³/mol. The molecule has 33 heavy (non-hydrogen) atoms. The number of hydrogen-bond donors (Lipinski definition) is 3. The van der Waals surface area contributed by atoms with E-state index < -0.39 is 0 Å². The second-order valence-corrected chi connectivity index (χ2v) is 8.85. The van der Waals surface area contributed by atoms with Gasteiger partial charge in [0.2, 0.25) is 0 Å². The highest BCUT2D eigenvalue weighted by atomic mass is 32.1. The zero-order valence-electron chi connectivity index (χ0n) is 18.3. The minimum absolute atomic E-state index is 0.110. The normalized spacial score (nSPS) is 11.9. The standard InChI is InChI=1S/C26H23N5OS/c1-16-10-12-28-23(14-16)31-25(21-6-3-4-11-27-21)24-17(2)29-20-9-8-18(15-19(20)24)30-26(32)22-7-5-13-33-22/h3-15,25,29H,1-2H3,(H,28,31)(H,30,32)/t25-/m1/s1. The van der Waals surface area contributed by atoms with E-state index in [0.29, 0.717) is 4.88 Å². The van der Waals surface area contributed by atoms with Crippen LogP contribution in [0.4, 0.5) is 11.5 Å². The van der Waals surface area contributed by atoms with Gasteiger partial charge >= 0.3 is 0 Å². The fourth-order valence-corrected chi connectivity index (χ4v) is 4.62. The fourth-order valence-electron chi connectivity index (χ4n) is 4.00. The van der Waals surface area contributed by atoms with Crippen LogP contribution in [0.25, 0.3) is 10.9 Å². The monoisotopic (exact) mass is 453 g/mol. The first kappa shape index (κ1) is 20.9. The zero-order chi connectivity index (χ0) is 22.8. The number of pyridine rings is 2. The van der Waals surface area contributed by atoms with E-state index in [2.05, 4.69) is 32.5 Å². The van der Waals surface area contributed by atoms with E-state index in [1.807, 2.05) is 73.0 Å². The third kappa shape index (κ3) is 4.36. The first-order chi connectivity index (χ1) is 16.1. The Kier molecular flexibility index (Phi) is 5.62. The number of carbonyl (C=O) groups is 1. The van der Waals surface area contributed by atoms with Gasteiger partial charge in [-0.1, -0.05) is 12.1 Å². The van der Waals surface area contributed by atoms with Gasteiger partial charge in [0.25, 0.3) is 5.91 Å². The molecular formula is C26H23N5OS. The van der Waals surface area contributed by atoms with Crippen LogP contribution in [0.15, 0.2) is 78.4 Å². The number of rotatable bonds is 6. The number of benzene rings is 1. The van der Waals surface area contributed by atoms with Gasteiger partial charge in [0.15, 0.2) is 0 Å². The van der Waals surface area contributed by atoms with Crippen molar-refractivity contribution in [3.05, 3.63) is 106 Å². The van der Waals surface area contributed by atoms with Crippen LogP contribution >= 0.6 is 11.3 Å². The highest BCUT2D eigenvalue weighted by molar-refractivity contribution is 7.12. The lowest BCUT2D eigenvalue weighted by atomic mass is 9.99. The van der Waals surface area contributed by atoms with Crippen molar-refractivity contribution in [3.8, 4) is 0 Å². The van der Waals surface area contributed by atoms with E-state index in [9.17, 15) is 4.79 Å². The molecule has 1 atom stereocenters. The molecule has 0 aliphatic carbocycles. The van der Waals surface area contributed by atoms with Crippen LogP contribution in [0.3, 0.4) is 0 Å². The SMILES string of the molecule is Cc1ccnc(N[C@H](c2ccccn2)c2c(C)[nH]c3ccc(NC(=O)c4cccs4)cc23)c1. The first-order valence-corrected chi connectivity index (χ1v) is 11.5. The van der Waals surface area contributed by atoms with E-state index in [1.54, 1.807) is 12.4 Å². The molecule has 4 heterocycles. The summed E-state index contributed by atoms with van der Waals surface area (Å²) in [6.45, 7) is 4.10. The van der Waals surface area contributed by atoms with Crippen LogP contribution in [0.1, 0.15) is 38.2 Å². The Morgan fingerprint density at radius 2 is 1.91 bits per heavy atom. The Balaban J connectivity index is 1.58. The summed E-state index contributed by atoms with van der Waals surface area (Å²) in [5.74, 6) is 0.670. The number of thiophene rings is 1. The van der Waals surface area contributed by atoms with Crippen molar-refractivity contribution in [1.29, 1.82) is 0 Å². The number of hydrogen-bond acceptors (Lipinski definition) is 5. The van der Waals surface area contributed by atoms with Crippen LogP contribution in [0, 0.1) is 13.8 Å². The number of amides is 1. The van der Waals surface area contributed by atoms with Crippen LogP contribution in [-0.4, -0.2) is 20.9 Å². The Morgan fingerprint density at radius 1 is 1.00 bits per heavy atom. The van der Waals surface area contributed by atoms with Crippen molar-refractivity contribution in [2.45, 2.75) is 19.9 Å². The lowest BCUT2D eigenvalue weighted by molar-refractivity contribution is 0.103. The van der Waals surface area contributed by atoms with Crippen molar-refractivity contribution in [2.75, 3.05) is 10.6 Å². The van der Waals surface area contributed by atoms with Gasteiger partial charge in [0, 0.05) is 40.2 Å². The van der Waals surface area contributed by atoms with E-state index in [1.165, 1.54) is 11.3 Å². The number of nitrogens with one attached hydrogen (secondary N) is 3. The average Bonchev–Trinajstić information content (AvgIpc) is 3.46. The molecule has 0 aliphatic rings. The number of H-pyrrole nitrogens is 1. The zero-order valence-corrected chi connectivity index (χ0v) is 19.1. The second kappa shape index (κ2) is 8.88. The summed E-state index contributed by atoms with van der Waals surface area (Å²) in [4.78, 5) is 25.9. The molecule has 0 saturated carbocycles. The highest BCUT2D eigenvalue weighted by Crippen LogP contribution is 2.35. The van der Waals surface area contributed by atoms with Crippen molar-refractivity contribution in [2.24, 2.45) is 0 Å². The Morgan fingerprint density at radius 3 is 2.67 bits per heavy atom. The molecule has 3 N–H and O–H groups in total. The lowest BCUT2D eigenvalue weighted by Gasteiger charge is -2.20. The van der Waals surface area contributed by atoms with E-state index in [0.717, 1.165) is 44.9 Å². The molecule has 0 unspecified atom stereocenters. The average molecular weight is 454 g/mol. The van der Waals surface area contributed by atoms with Crippen molar-refractivity contribution in [1.82, 2.24) is 15.0 Å². The number of aryl methyl sites for hydroxylation is 2. The Labute approximate surface area is 195 Å². The van der Waals surface area contributed by atoms with Gasteiger partial charge in [-0.15, -0.1) is 11.3 Å². The summed E-state index contributed by atoms with van der Waals surface area (Å²) in [6.07, 6.45) is 3.60. The maximum Gasteiger partial charge on any atom is 0.265 e. The number of aromatic nitrogens is 3. The smallest absolute Gasteiger partial charge is 0.265 e. The topological polar surface area (TPSA) is 82.7 Å². The van der Waals surface area contributed by atoms with Gasteiger partial charge in [-0.3, -0.25) is 9.78 Å². The Hall–Kier alpha value is -3.97. The molecule has 1 aromatic carbocycles. The summed E-state index contributed by atoms with van der Waals surface area (Å²) < 4.78 is 0. The second-order valence-electron chi connectivity index (χ2n) is 7.91. The molecule has 0 bridgehead atoms. The molecule has 5 rings (SSSR count). The van der Waals surface area contributed by atoms with Crippen molar-refractivity contribution in [3.63, 3.8) is 0 Å². The minimum Gasteiger partial charge on any atom is -0.358 e. The Bertz CT molecular complexity index is 1410. The third-order valence-electron chi connectivity index (χ3n) is 5.52. The van der Waals surface area contributed by atoms with E-state index in [4.69, 9.17) is 0 Å². The molecule has 0 radical (unpaired) electrons. The minimum atomic E-state index is -0.225. The van der Waals surface area contributed by atoms with Crippen LogP contribution in [0.2, 0.25) is 0 Å². The summed E-state index contributed by atoms with van der Waals surface area (Å²) >= 11 is 1.42. The maximum absolute atomic E-state index is 12.6. The number of fused-ring (bicyclic) bond motifs is 1. The summed E-state index contributed by atoms with van der Waals surface area (Å²) in [7, 11) is 0. The van der Waals surface area contributed by atoms with Gasteiger partial charge in [0.1, 0.15) is 5.82 Å². The number of anilines is 2. The third-order valence-corrected chi connectivity index (χ3v) is 6.39. The van der Waals surface area contributed by atoms with Gasteiger partial charge in [-0.05, 0) is 73.3 Å². The molecule has 0 spiro atoms. The van der Waals surface area contributed by atoms with Gasteiger partial charge in [-0.25, -0.2) is 4.98 Å². The van der Waals surface area contributed by atoms with E-state index >= 15 is 0 Å². The lowest BCUT2D eigenvalue weighted by Crippen LogP contribution is -2.15. The van der Waals surface area contributed by atoms with Crippen LogP contribution < -0.4 is 10.6 Å². The van der Waals surface area contributed by atoms with Gasteiger partial charge < -0.3 is 15.6 Å². The largest absolute Gasteiger partial charge is 0.358 e. The maximum atomic E-state index is 12.6. The predicted octanol–water partition coefficient (Wildman–Crippen LogP) is 6.09. The molecule has 5 aromatic rings. The van der Waals surface area contributed by atoms with Crippen LogP contribution in [-0.2, 0) is 0 Å². The number of carbonyl (C=O) groups excluding carboxylic acids is 1. The van der Waals surface area contributed by atoms with Gasteiger partial charge in [-0.2, -0.15) is 0 Å². The van der Waals surface area contributed by atoms with Crippen molar-refractivity contribution < 1.29 is 4.79 Å². The van der Waals surface area contributed by atoms with Crippen molar-refractivity contribution >= 4 is 39.7 Å². The quantitative estimate of drug-likeness (QED) is 0.290. The summed E-state index contributed by atoms with van der Waals surface area (Å²) in [6, 6.07) is 19.3. The molecule has 164 valence electrons. The highest BCUT2D eigenvalue weighted by Gasteiger charge is 2.23. The fraction of sp³-hybridized carbons (Fsp3) is 0.115. The molecule has 0 aliphatic heterocycles. The van der Waals surface area contributed by atoms with E-state index in [-0.39, 0.29) is 11.9 Å². The molecule has 4 aromatic heterocycles. The molecule has 7 heteroatoms. The summed E-state index contributed by atoms with van der Waals surface area (Å²) in [5.41, 5.74) is 5.85. The molecule has 0 saturated heterocycles. The molecule has 6 nitrogen and oxygen atoms in total. The summed E-state index contributed by atoms with van der Waals surface area (Å²) in [5, 5.41) is 9.51. The number of aromatic amines is 1. The molecular weight excluding hydrogens is 430 g/mol. The first-order valence-electron chi connectivity index (χ1n) is 10.7. The number of nitrogens with zero attached hydrogens (tertiary/aromatic N) is 2. The molecule has 0 fully saturated rings. The van der Waals surface area contributed by atoms with Crippen LogP contribution in [0.5, 0.6) is 0 Å².